The number of hydrogen-bond acceptors (Lipinski definition) is 0. The van der Waals surface area contributed by atoms with E-state index in [-0.39, 0.29) is 0 Å². The van der Waals surface area contributed by atoms with Gasteiger partial charge in [0.05, 0.1) is 0 Å². The van der Waals surface area contributed by atoms with Crippen molar-refractivity contribution in [2.75, 3.05) is 0 Å². The van der Waals surface area contributed by atoms with Gasteiger partial charge in [-0.25, -0.2) is 0 Å². The van der Waals surface area contributed by atoms with E-state index in [9.17, 15) is 0 Å². The van der Waals surface area contributed by atoms with Crippen LogP contribution in [0.1, 0.15) is 76.8 Å². The number of benzene rings is 1. The lowest BCUT2D eigenvalue weighted by molar-refractivity contribution is -0.00404. The highest BCUT2D eigenvalue weighted by molar-refractivity contribution is 9.09. The van der Waals surface area contributed by atoms with E-state index < -0.39 is 0 Å². The second-order valence-corrected chi connectivity index (χ2v) is 12.6. The van der Waals surface area contributed by atoms with E-state index in [4.69, 9.17) is 0 Å². The normalized spacial score (nSPS) is 44.8. The number of alkyl halides is 1. The smallest absolute Gasteiger partial charge is 0.0148 e. The Morgan fingerprint density at radius 3 is 2.54 bits per heavy atom. The molecular formula is C27H37Br. The maximum absolute atomic E-state index is 3.97. The molecule has 0 radical (unpaired) electrons. The van der Waals surface area contributed by atoms with Crippen molar-refractivity contribution < 1.29 is 0 Å². The first-order valence-electron chi connectivity index (χ1n) is 11.8. The van der Waals surface area contributed by atoms with Gasteiger partial charge in [-0.1, -0.05) is 80.0 Å². The summed E-state index contributed by atoms with van der Waals surface area (Å²) in [5.41, 5.74) is 3.36. The highest BCUT2D eigenvalue weighted by Gasteiger charge is 2.56. The predicted molar refractivity (Wildman–Crippen MR) is 124 cm³/mol. The van der Waals surface area contributed by atoms with Gasteiger partial charge in [-0.15, -0.1) is 0 Å². The van der Waals surface area contributed by atoms with E-state index in [1.165, 1.54) is 37.7 Å². The third kappa shape index (κ3) is 2.90. The zero-order valence-electron chi connectivity index (χ0n) is 18.1. The first-order chi connectivity index (χ1) is 13.4. The zero-order valence-corrected chi connectivity index (χ0v) is 19.7. The minimum atomic E-state index is 0.330. The molecule has 0 N–H and O–H groups in total. The average Bonchev–Trinajstić information content (AvgIpc) is 3.23. The van der Waals surface area contributed by atoms with Crippen LogP contribution in [0.3, 0.4) is 0 Å². The van der Waals surface area contributed by atoms with Gasteiger partial charge in [0.2, 0.25) is 0 Å². The SMILES string of the molecule is CC1CC2C(C)C3CCC(Br)CC3CC2C1C(C)(C)C1C=Cc2ccccc21. The lowest BCUT2D eigenvalue weighted by Crippen LogP contribution is -2.44. The first-order valence-corrected chi connectivity index (χ1v) is 12.7. The van der Waals surface area contributed by atoms with Gasteiger partial charge >= 0.3 is 0 Å². The molecule has 3 fully saturated rings. The molecule has 28 heavy (non-hydrogen) atoms. The van der Waals surface area contributed by atoms with Crippen molar-refractivity contribution in [2.24, 2.45) is 46.8 Å². The van der Waals surface area contributed by atoms with E-state index in [1.54, 1.807) is 5.56 Å². The van der Waals surface area contributed by atoms with Crippen LogP contribution in [0.4, 0.5) is 0 Å². The summed E-state index contributed by atoms with van der Waals surface area (Å²) in [4.78, 5) is 0.771. The molecule has 4 aliphatic rings. The summed E-state index contributed by atoms with van der Waals surface area (Å²) < 4.78 is 0. The largest absolute Gasteiger partial charge is 0.0891 e. The number of rotatable bonds is 2. The molecule has 1 aromatic rings. The summed E-state index contributed by atoms with van der Waals surface area (Å²) in [5.74, 6) is 7.07. The van der Waals surface area contributed by atoms with E-state index >= 15 is 0 Å². The van der Waals surface area contributed by atoms with Gasteiger partial charge < -0.3 is 0 Å². The third-order valence-electron chi connectivity index (χ3n) is 9.63. The number of hydrogen-bond donors (Lipinski definition) is 0. The second-order valence-electron chi connectivity index (χ2n) is 11.3. The minimum Gasteiger partial charge on any atom is -0.0891 e. The summed E-state index contributed by atoms with van der Waals surface area (Å²) >= 11 is 3.97. The van der Waals surface area contributed by atoms with Crippen LogP contribution in [0, 0.1) is 46.8 Å². The predicted octanol–water partition coefficient (Wildman–Crippen LogP) is 7.93. The molecule has 1 heteroatoms. The van der Waals surface area contributed by atoms with E-state index in [0.29, 0.717) is 11.3 Å². The molecule has 9 atom stereocenters. The summed E-state index contributed by atoms with van der Waals surface area (Å²) in [7, 11) is 0. The Morgan fingerprint density at radius 2 is 1.71 bits per heavy atom. The Labute approximate surface area is 180 Å². The fourth-order valence-electron chi connectivity index (χ4n) is 8.62. The molecule has 0 amide bonds. The molecule has 0 heterocycles. The minimum absolute atomic E-state index is 0.330. The van der Waals surface area contributed by atoms with Crippen LogP contribution in [0.15, 0.2) is 30.3 Å². The average molecular weight is 441 g/mol. The van der Waals surface area contributed by atoms with Gasteiger partial charge in [0.25, 0.3) is 0 Å². The fraction of sp³-hybridized carbons (Fsp3) is 0.704. The quantitative estimate of drug-likeness (QED) is 0.409. The Hall–Kier alpha value is -0.560. The summed E-state index contributed by atoms with van der Waals surface area (Å²) in [6.07, 6.45) is 12.2. The molecule has 5 rings (SSSR count). The lowest BCUT2D eigenvalue weighted by Gasteiger charge is -2.51. The molecule has 4 aliphatic carbocycles. The molecule has 0 nitrogen and oxygen atoms in total. The third-order valence-corrected chi connectivity index (χ3v) is 10.5. The van der Waals surface area contributed by atoms with Crippen LogP contribution in [0.5, 0.6) is 0 Å². The highest BCUT2D eigenvalue weighted by atomic mass is 79.9. The molecule has 152 valence electrons. The molecular weight excluding hydrogens is 404 g/mol. The fourth-order valence-corrected chi connectivity index (χ4v) is 9.36. The Morgan fingerprint density at radius 1 is 0.929 bits per heavy atom. The molecule has 0 saturated heterocycles. The monoisotopic (exact) mass is 440 g/mol. The van der Waals surface area contributed by atoms with Gasteiger partial charge in [-0.05, 0) is 90.1 Å². The van der Waals surface area contributed by atoms with Crippen molar-refractivity contribution in [3.05, 3.63) is 41.5 Å². The molecule has 1 aromatic carbocycles. The number of allylic oxidation sites excluding steroid dienone is 1. The van der Waals surface area contributed by atoms with Crippen LogP contribution < -0.4 is 0 Å². The van der Waals surface area contributed by atoms with Gasteiger partial charge in [0.1, 0.15) is 0 Å². The van der Waals surface area contributed by atoms with Crippen molar-refractivity contribution in [1.29, 1.82) is 0 Å². The van der Waals surface area contributed by atoms with Crippen LogP contribution in [-0.4, -0.2) is 4.83 Å². The number of halogens is 1. The molecule has 0 aromatic heterocycles. The van der Waals surface area contributed by atoms with Crippen molar-refractivity contribution >= 4 is 22.0 Å². The van der Waals surface area contributed by atoms with Gasteiger partial charge in [-0.2, -0.15) is 0 Å². The summed E-state index contributed by atoms with van der Waals surface area (Å²) in [6, 6.07) is 9.11. The van der Waals surface area contributed by atoms with Gasteiger partial charge in [0.15, 0.2) is 0 Å². The summed E-state index contributed by atoms with van der Waals surface area (Å²) in [6.45, 7) is 10.4. The molecule has 0 spiro atoms. The van der Waals surface area contributed by atoms with Gasteiger partial charge in [-0.3, -0.25) is 0 Å². The molecule has 0 bridgehead atoms. The van der Waals surface area contributed by atoms with Crippen LogP contribution >= 0.6 is 15.9 Å². The molecule has 9 unspecified atom stereocenters. The van der Waals surface area contributed by atoms with Crippen molar-refractivity contribution in [1.82, 2.24) is 0 Å². The maximum atomic E-state index is 3.97. The van der Waals surface area contributed by atoms with Gasteiger partial charge in [0, 0.05) is 10.7 Å². The van der Waals surface area contributed by atoms with Crippen molar-refractivity contribution in [3.63, 3.8) is 0 Å². The molecule has 0 aliphatic heterocycles. The topological polar surface area (TPSA) is 0 Å². The second kappa shape index (κ2) is 7.00. The van der Waals surface area contributed by atoms with Crippen molar-refractivity contribution in [3.8, 4) is 0 Å². The Bertz CT molecular complexity index is 759. The van der Waals surface area contributed by atoms with Crippen molar-refractivity contribution in [2.45, 2.75) is 70.5 Å². The zero-order chi connectivity index (χ0) is 19.6. The summed E-state index contributed by atoms with van der Waals surface area (Å²) in [5, 5.41) is 0. The van der Waals surface area contributed by atoms with Crippen LogP contribution in [0.25, 0.3) is 6.08 Å². The lowest BCUT2D eigenvalue weighted by atomic mass is 9.54. The Balaban J connectivity index is 1.46. The standard InChI is InChI=1S/C27H37Br/c1-16-13-23-17(2)21-11-10-20(28)14-19(21)15-24(23)26(16)27(3,4)25-12-9-18-7-5-6-8-22(18)25/h5-9,12,16-17,19-21,23-26H,10-11,13-15H2,1-4H3. The Kier molecular flexibility index (Phi) is 4.85. The maximum Gasteiger partial charge on any atom is 0.0148 e. The van der Waals surface area contributed by atoms with Crippen LogP contribution in [0.2, 0.25) is 0 Å². The van der Waals surface area contributed by atoms with E-state index in [2.05, 4.69) is 80.0 Å². The van der Waals surface area contributed by atoms with Crippen LogP contribution in [-0.2, 0) is 0 Å². The van der Waals surface area contributed by atoms with E-state index in [0.717, 1.165) is 46.3 Å². The number of fused-ring (bicyclic) bond motifs is 3. The molecule has 3 saturated carbocycles. The van der Waals surface area contributed by atoms with E-state index in [1.807, 2.05) is 0 Å². The first kappa shape index (κ1) is 19.4. The highest BCUT2D eigenvalue weighted by Crippen LogP contribution is 2.64.